The number of carboxylic acids is 1. The standard InChI is InChI=1S/C10H7BrN2O2/c11-7-5-9-8(12-1-2-13-9)3-6(7)4-10(14)15/h1-3,5H,4H2,(H,14,15). The van der Waals surface area contributed by atoms with Crippen molar-refractivity contribution in [3.8, 4) is 0 Å². The molecule has 1 N–H and O–H groups in total. The van der Waals surface area contributed by atoms with Crippen LogP contribution >= 0.6 is 15.9 Å². The Balaban J connectivity index is 2.56. The highest BCUT2D eigenvalue weighted by atomic mass is 79.9. The van der Waals surface area contributed by atoms with E-state index in [4.69, 9.17) is 5.11 Å². The number of carboxylic acid groups (broad SMARTS) is 1. The van der Waals surface area contributed by atoms with Crippen LogP contribution in [0.25, 0.3) is 11.0 Å². The van der Waals surface area contributed by atoms with Gasteiger partial charge >= 0.3 is 5.97 Å². The van der Waals surface area contributed by atoms with Crippen molar-refractivity contribution < 1.29 is 9.90 Å². The van der Waals surface area contributed by atoms with Crippen LogP contribution in [-0.2, 0) is 11.2 Å². The van der Waals surface area contributed by atoms with E-state index in [2.05, 4.69) is 25.9 Å². The Bertz CT molecular complexity index is 528. The van der Waals surface area contributed by atoms with E-state index in [9.17, 15) is 4.79 Å². The fourth-order valence-corrected chi connectivity index (χ4v) is 1.80. The molecule has 0 bridgehead atoms. The number of carbonyl (C=O) groups is 1. The molecule has 5 heteroatoms. The van der Waals surface area contributed by atoms with Crippen LogP contribution in [0.15, 0.2) is 29.0 Å². The number of benzene rings is 1. The quantitative estimate of drug-likeness (QED) is 0.904. The molecule has 2 aromatic rings. The van der Waals surface area contributed by atoms with Gasteiger partial charge in [-0.05, 0) is 17.7 Å². The van der Waals surface area contributed by atoms with Gasteiger partial charge in [-0.25, -0.2) is 0 Å². The summed E-state index contributed by atoms with van der Waals surface area (Å²) in [5.41, 5.74) is 2.16. The lowest BCUT2D eigenvalue weighted by molar-refractivity contribution is -0.136. The zero-order chi connectivity index (χ0) is 10.8. The second-order valence-electron chi connectivity index (χ2n) is 3.06. The first-order valence-corrected chi connectivity index (χ1v) is 5.07. The van der Waals surface area contributed by atoms with Gasteiger partial charge in [-0.1, -0.05) is 15.9 Å². The number of halogens is 1. The molecule has 0 spiro atoms. The van der Waals surface area contributed by atoms with E-state index in [0.717, 1.165) is 9.99 Å². The van der Waals surface area contributed by atoms with Crippen LogP contribution < -0.4 is 0 Å². The maximum Gasteiger partial charge on any atom is 0.307 e. The molecule has 76 valence electrons. The van der Waals surface area contributed by atoms with Crippen LogP contribution in [0.2, 0.25) is 0 Å². The molecule has 0 atom stereocenters. The Morgan fingerprint density at radius 1 is 1.27 bits per heavy atom. The molecule has 1 aromatic carbocycles. The summed E-state index contributed by atoms with van der Waals surface area (Å²) in [4.78, 5) is 18.8. The summed E-state index contributed by atoms with van der Waals surface area (Å²) in [6.07, 6.45) is 3.17. The van der Waals surface area contributed by atoms with Gasteiger partial charge in [0, 0.05) is 16.9 Å². The molecule has 1 heterocycles. The lowest BCUT2D eigenvalue weighted by Gasteiger charge is -2.03. The van der Waals surface area contributed by atoms with E-state index in [1.807, 2.05) is 0 Å². The Hall–Kier alpha value is -1.49. The smallest absolute Gasteiger partial charge is 0.307 e. The molecular weight excluding hydrogens is 260 g/mol. The summed E-state index contributed by atoms with van der Waals surface area (Å²) in [5.74, 6) is -0.862. The van der Waals surface area contributed by atoms with E-state index in [1.165, 1.54) is 0 Å². The third-order valence-corrected chi connectivity index (χ3v) is 2.72. The predicted molar refractivity (Wildman–Crippen MR) is 58.6 cm³/mol. The van der Waals surface area contributed by atoms with Crippen LogP contribution in [0, 0.1) is 0 Å². The van der Waals surface area contributed by atoms with Crippen LogP contribution in [-0.4, -0.2) is 21.0 Å². The average Bonchev–Trinajstić information content (AvgIpc) is 2.18. The van der Waals surface area contributed by atoms with Gasteiger partial charge in [0.15, 0.2) is 0 Å². The number of hydrogen-bond acceptors (Lipinski definition) is 3. The molecule has 0 aliphatic carbocycles. The highest BCUT2D eigenvalue weighted by Crippen LogP contribution is 2.22. The van der Waals surface area contributed by atoms with Gasteiger partial charge in [0.05, 0.1) is 17.5 Å². The molecule has 0 saturated carbocycles. The number of nitrogens with zero attached hydrogens (tertiary/aromatic N) is 2. The molecule has 4 nitrogen and oxygen atoms in total. The largest absolute Gasteiger partial charge is 0.481 e. The average molecular weight is 267 g/mol. The summed E-state index contributed by atoms with van der Waals surface area (Å²) in [6.45, 7) is 0. The number of rotatable bonds is 2. The van der Waals surface area contributed by atoms with Gasteiger partial charge in [0.2, 0.25) is 0 Å². The van der Waals surface area contributed by atoms with Crippen molar-refractivity contribution in [3.63, 3.8) is 0 Å². The van der Waals surface area contributed by atoms with Crippen LogP contribution in [0.4, 0.5) is 0 Å². The Labute approximate surface area is 94.1 Å². The summed E-state index contributed by atoms with van der Waals surface area (Å²) in [7, 11) is 0. The minimum Gasteiger partial charge on any atom is -0.481 e. The summed E-state index contributed by atoms with van der Waals surface area (Å²) < 4.78 is 0.748. The molecule has 0 unspecified atom stereocenters. The van der Waals surface area contributed by atoms with E-state index in [-0.39, 0.29) is 6.42 Å². The number of aliphatic carboxylic acids is 1. The van der Waals surface area contributed by atoms with Gasteiger partial charge in [-0.3, -0.25) is 14.8 Å². The lowest BCUT2D eigenvalue weighted by Crippen LogP contribution is -2.01. The molecule has 0 aliphatic heterocycles. The third-order valence-electron chi connectivity index (χ3n) is 1.98. The van der Waals surface area contributed by atoms with Gasteiger partial charge < -0.3 is 5.11 Å². The summed E-state index contributed by atoms with van der Waals surface area (Å²) in [6, 6.07) is 3.52. The van der Waals surface area contributed by atoms with Crippen molar-refractivity contribution in [1.29, 1.82) is 0 Å². The van der Waals surface area contributed by atoms with Crippen molar-refractivity contribution in [2.75, 3.05) is 0 Å². The van der Waals surface area contributed by atoms with Crippen LogP contribution in [0.3, 0.4) is 0 Å². The second kappa shape index (κ2) is 3.94. The monoisotopic (exact) mass is 266 g/mol. The van der Waals surface area contributed by atoms with Crippen molar-refractivity contribution >= 4 is 32.9 Å². The van der Waals surface area contributed by atoms with Gasteiger partial charge in [-0.15, -0.1) is 0 Å². The topological polar surface area (TPSA) is 63.1 Å². The van der Waals surface area contributed by atoms with Gasteiger partial charge in [0.1, 0.15) is 0 Å². The Morgan fingerprint density at radius 3 is 2.47 bits per heavy atom. The van der Waals surface area contributed by atoms with Crippen molar-refractivity contribution in [3.05, 3.63) is 34.6 Å². The normalized spacial score (nSPS) is 10.5. The molecule has 0 aliphatic rings. The molecule has 0 amide bonds. The fourth-order valence-electron chi connectivity index (χ4n) is 1.33. The molecule has 0 fully saturated rings. The lowest BCUT2D eigenvalue weighted by atomic mass is 10.1. The summed E-state index contributed by atoms with van der Waals surface area (Å²) >= 11 is 3.31. The highest BCUT2D eigenvalue weighted by molar-refractivity contribution is 9.10. The Morgan fingerprint density at radius 2 is 1.87 bits per heavy atom. The predicted octanol–water partition coefficient (Wildman–Crippen LogP) is 2.02. The SMILES string of the molecule is O=C(O)Cc1cc2nccnc2cc1Br. The van der Waals surface area contributed by atoms with Gasteiger partial charge in [0.25, 0.3) is 0 Å². The maximum atomic E-state index is 10.6. The van der Waals surface area contributed by atoms with E-state index < -0.39 is 5.97 Å². The van der Waals surface area contributed by atoms with E-state index >= 15 is 0 Å². The Kier molecular flexibility index (Phi) is 2.64. The molecular formula is C10H7BrN2O2. The molecule has 2 rings (SSSR count). The molecule has 1 aromatic heterocycles. The van der Waals surface area contributed by atoms with Crippen LogP contribution in [0.5, 0.6) is 0 Å². The van der Waals surface area contributed by atoms with E-state index in [0.29, 0.717) is 11.1 Å². The van der Waals surface area contributed by atoms with Crippen molar-refractivity contribution in [2.24, 2.45) is 0 Å². The number of hydrogen-bond donors (Lipinski definition) is 1. The van der Waals surface area contributed by atoms with Crippen molar-refractivity contribution in [1.82, 2.24) is 9.97 Å². The number of fused-ring (bicyclic) bond motifs is 1. The first kappa shape index (κ1) is 10.0. The molecule has 15 heavy (non-hydrogen) atoms. The van der Waals surface area contributed by atoms with E-state index in [1.54, 1.807) is 24.5 Å². The molecule has 0 saturated heterocycles. The third kappa shape index (κ3) is 2.12. The highest BCUT2D eigenvalue weighted by Gasteiger charge is 2.07. The van der Waals surface area contributed by atoms with Crippen molar-refractivity contribution in [2.45, 2.75) is 6.42 Å². The maximum absolute atomic E-state index is 10.6. The second-order valence-corrected chi connectivity index (χ2v) is 3.91. The minimum atomic E-state index is -0.862. The summed E-state index contributed by atoms with van der Waals surface area (Å²) in [5, 5.41) is 8.71. The first-order valence-electron chi connectivity index (χ1n) is 4.28. The molecule has 0 radical (unpaired) electrons. The number of aromatic nitrogens is 2. The first-order chi connectivity index (χ1) is 7.16. The van der Waals surface area contributed by atoms with Crippen LogP contribution in [0.1, 0.15) is 5.56 Å². The zero-order valence-electron chi connectivity index (χ0n) is 7.64. The zero-order valence-corrected chi connectivity index (χ0v) is 9.23. The fraction of sp³-hybridized carbons (Fsp3) is 0.100. The van der Waals surface area contributed by atoms with Gasteiger partial charge in [-0.2, -0.15) is 0 Å². The minimum absolute atomic E-state index is 0.0207.